The monoisotopic (exact) mass is 219 g/mol. The molecular weight excluding hydrogens is 213 g/mol. The molecule has 1 nitrogen and oxygen atoms in total. The van der Waals surface area contributed by atoms with Crippen molar-refractivity contribution in [3.63, 3.8) is 0 Å². The first-order valence-corrected chi connectivity index (χ1v) is 3.21. The number of hydrogen-bond acceptors (Lipinski definition) is 1. The Morgan fingerprint density at radius 2 is 2.38 bits per heavy atom. The van der Waals surface area contributed by atoms with Gasteiger partial charge in [-0.15, -0.1) is 0 Å². The summed E-state index contributed by atoms with van der Waals surface area (Å²) in [4.78, 5) is 0. The van der Waals surface area contributed by atoms with Gasteiger partial charge < -0.3 is 5.41 Å². The van der Waals surface area contributed by atoms with Crippen LogP contribution in [-0.4, -0.2) is 6.21 Å². The maximum Gasteiger partial charge on any atom is 0.0386 e. The van der Waals surface area contributed by atoms with Crippen LogP contribution >= 0.6 is 22.6 Å². The van der Waals surface area contributed by atoms with Crippen LogP contribution in [0.1, 0.15) is 6.92 Å². The Hall–Kier alpha value is -0.300. The van der Waals surface area contributed by atoms with Crippen molar-refractivity contribution in [3.05, 3.63) is 11.6 Å². The molecule has 0 aliphatic rings. The van der Waals surface area contributed by atoms with Crippen LogP contribution in [0.15, 0.2) is 11.6 Å². The summed E-state index contributed by atoms with van der Waals surface area (Å²) < 4.78 is 2.67. The second-order valence-corrected chi connectivity index (χ2v) is 1.65. The lowest BCUT2D eigenvalue weighted by Gasteiger charge is -1.78. The molecule has 0 saturated heterocycles. The van der Waals surface area contributed by atoms with Crippen molar-refractivity contribution in [1.29, 1.82) is 5.41 Å². The third-order valence-corrected chi connectivity index (χ3v) is 0.928. The average Bonchev–Trinajstić information content (AvgIpc) is 1.83. The molecule has 0 atom stereocenters. The first-order chi connectivity index (χ1) is 3.85. The molecule has 0 aromatic carbocycles. The van der Waals surface area contributed by atoms with Crippen molar-refractivity contribution in [3.8, 4) is 9.85 Å². The van der Waals surface area contributed by atoms with Gasteiger partial charge in [0.25, 0.3) is 0 Å². The van der Waals surface area contributed by atoms with E-state index in [4.69, 9.17) is 5.41 Å². The molecule has 0 spiro atoms. The van der Waals surface area contributed by atoms with Gasteiger partial charge in [-0.05, 0) is 10.9 Å². The van der Waals surface area contributed by atoms with Gasteiger partial charge >= 0.3 is 0 Å². The summed E-state index contributed by atoms with van der Waals surface area (Å²) in [5, 5.41) is 6.76. The molecule has 0 bridgehead atoms. The van der Waals surface area contributed by atoms with Gasteiger partial charge in [0.15, 0.2) is 0 Å². The fourth-order valence-electron chi connectivity index (χ4n) is 0.246. The van der Waals surface area contributed by atoms with E-state index in [1.807, 2.05) is 29.5 Å². The summed E-state index contributed by atoms with van der Waals surface area (Å²) in [6.07, 6.45) is 3.05. The molecular formula is C6H6IN. The topological polar surface area (TPSA) is 23.9 Å². The molecule has 42 valence electrons. The number of rotatable bonds is 1. The van der Waals surface area contributed by atoms with E-state index < -0.39 is 0 Å². The summed E-state index contributed by atoms with van der Waals surface area (Å²) in [6, 6.07) is 0. The van der Waals surface area contributed by atoms with Crippen molar-refractivity contribution in [2.45, 2.75) is 6.92 Å². The Labute approximate surface area is 62.8 Å². The quantitative estimate of drug-likeness (QED) is 0.396. The van der Waals surface area contributed by atoms with Gasteiger partial charge in [-0.1, -0.05) is 12.0 Å². The molecule has 1 N–H and O–H groups in total. The van der Waals surface area contributed by atoms with E-state index >= 15 is 0 Å². The summed E-state index contributed by atoms with van der Waals surface area (Å²) in [5.74, 6) is 2.74. The predicted molar refractivity (Wildman–Crippen MR) is 44.3 cm³/mol. The predicted octanol–water partition coefficient (Wildman–Crippen LogP) is 1.98. The van der Waals surface area contributed by atoms with Crippen molar-refractivity contribution < 1.29 is 0 Å². The fraction of sp³-hybridized carbons (Fsp3) is 0.167. The van der Waals surface area contributed by atoms with Gasteiger partial charge in [-0.3, -0.25) is 0 Å². The molecule has 0 fully saturated rings. The number of nitrogens with one attached hydrogen (secondary N) is 1. The van der Waals surface area contributed by atoms with Crippen LogP contribution in [0, 0.1) is 15.3 Å². The molecule has 0 aliphatic heterocycles. The van der Waals surface area contributed by atoms with Crippen molar-refractivity contribution in [2.24, 2.45) is 0 Å². The summed E-state index contributed by atoms with van der Waals surface area (Å²) in [6.45, 7) is 1.86. The molecule has 2 heteroatoms. The summed E-state index contributed by atoms with van der Waals surface area (Å²) in [5.41, 5.74) is 0.763. The van der Waals surface area contributed by atoms with E-state index in [0.29, 0.717) is 0 Å². The van der Waals surface area contributed by atoms with Crippen LogP contribution in [0.2, 0.25) is 0 Å². The van der Waals surface area contributed by atoms with Gasteiger partial charge in [0, 0.05) is 34.4 Å². The molecule has 0 heterocycles. The van der Waals surface area contributed by atoms with Gasteiger partial charge in [-0.2, -0.15) is 0 Å². The van der Waals surface area contributed by atoms with E-state index in [0.717, 1.165) is 5.57 Å². The Balaban J connectivity index is 4.06. The Kier molecular flexibility index (Phi) is 4.67. The number of hydrogen-bond donors (Lipinski definition) is 1. The minimum atomic E-state index is 0.763. The third kappa shape index (κ3) is 2.80. The lowest BCUT2D eigenvalue weighted by Crippen LogP contribution is -1.73. The van der Waals surface area contributed by atoms with E-state index in [1.165, 1.54) is 6.21 Å². The second-order valence-electron chi connectivity index (χ2n) is 1.11. The first-order valence-electron chi connectivity index (χ1n) is 2.13. The van der Waals surface area contributed by atoms with Gasteiger partial charge in [0.05, 0.1) is 0 Å². The zero-order valence-corrected chi connectivity index (χ0v) is 6.69. The lowest BCUT2D eigenvalue weighted by atomic mass is 10.3. The standard InChI is InChI=1S/C6H6IN/c1-2-6(5-8)3-4-7/h2,5,8H,1H3/b6-2-,8-5?. The van der Waals surface area contributed by atoms with Gasteiger partial charge in [-0.25, -0.2) is 0 Å². The minimum absolute atomic E-state index is 0.763. The van der Waals surface area contributed by atoms with Crippen molar-refractivity contribution in [2.75, 3.05) is 0 Å². The Morgan fingerprint density at radius 1 is 1.75 bits per heavy atom. The lowest BCUT2D eigenvalue weighted by molar-refractivity contribution is 1.55. The Bertz CT molecular complexity index is 159. The molecule has 0 aromatic rings. The van der Waals surface area contributed by atoms with Crippen molar-refractivity contribution >= 4 is 28.8 Å². The van der Waals surface area contributed by atoms with E-state index in [-0.39, 0.29) is 0 Å². The highest BCUT2D eigenvalue weighted by Gasteiger charge is 1.76. The molecule has 0 saturated carbocycles. The highest BCUT2D eigenvalue weighted by atomic mass is 127. The van der Waals surface area contributed by atoms with Crippen LogP contribution in [0.4, 0.5) is 0 Å². The smallest absolute Gasteiger partial charge is 0.0386 e. The summed E-state index contributed by atoms with van der Waals surface area (Å²) >= 11 is 1.94. The SMILES string of the molecule is C/C=C(/C#CI)C=N. The zero-order chi connectivity index (χ0) is 6.41. The van der Waals surface area contributed by atoms with E-state index in [1.54, 1.807) is 6.08 Å². The third-order valence-electron chi connectivity index (χ3n) is 0.658. The van der Waals surface area contributed by atoms with E-state index in [2.05, 4.69) is 9.85 Å². The zero-order valence-electron chi connectivity index (χ0n) is 4.53. The van der Waals surface area contributed by atoms with Crippen LogP contribution in [0.3, 0.4) is 0 Å². The Morgan fingerprint density at radius 3 is 2.50 bits per heavy atom. The molecule has 0 rings (SSSR count). The first kappa shape index (κ1) is 7.70. The molecule has 8 heavy (non-hydrogen) atoms. The molecule has 0 radical (unpaired) electrons. The number of halogens is 1. The van der Waals surface area contributed by atoms with Crippen LogP contribution in [0.25, 0.3) is 0 Å². The summed E-state index contributed by atoms with van der Waals surface area (Å²) in [7, 11) is 0. The molecule has 0 unspecified atom stereocenters. The van der Waals surface area contributed by atoms with Gasteiger partial charge in [0.2, 0.25) is 0 Å². The van der Waals surface area contributed by atoms with Crippen LogP contribution in [0.5, 0.6) is 0 Å². The van der Waals surface area contributed by atoms with Crippen LogP contribution in [-0.2, 0) is 0 Å². The second kappa shape index (κ2) is 4.85. The maximum absolute atomic E-state index is 6.76. The van der Waals surface area contributed by atoms with Crippen LogP contribution < -0.4 is 0 Å². The highest BCUT2D eigenvalue weighted by molar-refractivity contribution is 14.1. The fourth-order valence-corrected chi connectivity index (χ4v) is 0.558. The maximum atomic E-state index is 6.76. The largest absolute Gasteiger partial charge is 0.307 e. The molecule has 0 aromatic heterocycles. The highest BCUT2D eigenvalue weighted by Crippen LogP contribution is 1.85. The average molecular weight is 219 g/mol. The van der Waals surface area contributed by atoms with E-state index in [9.17, 15) is 0 Å². The van der Waals surface area contributed by atoms with Gasteiger partial charge in [0.1, 0.15) is 0 Å². The number of allylic oxidation sites excluding steroid dienone is 2. The molecule has 0 amide bonds. The molecule has 0 aliphatic carbocycles. The normalized spacial score (nSPS) is 9.50. The van der Waals surface area contributed by atoms with Crippen molar-refractivity contribution in [1.82, 2.24) is 0 Å². The minimum Gasteiger partial charge on any atom is -0.307 e.